The van der Waals surface area contributed by atoms with Gasteiger partial charge in [0, 0.05) is 11.8 Å². The molecule has 13 heteroatoms. The molecule has 0 saturated heterocycles. The first-order chi connectivity index (χ1) is 13.6. The van der Waals surface area contributed by atoms with Gasteiger partial charge >= 0.3 is 59.1 Å². The summed E-state index contributed by atoms with van der Waals surface area (Å²) >= 11 is 0. The summed E-state index contributed by atoms with van der Waals surface area (Å²) in [4.78, 5) is 4.29. The second-order valence-electron chi connectivity index (χ2n) is 5.78. The molecule has 0 saturated carbocycles. The van der Waals surface area contributed by atoms with Gasteiger partial charge in [0.05, 0.1) is 11.6 Å². The molecule has 3 aromatic rings. The van der Waals surface area contributed by atoms with Gasteiger partial charge in [-0.25, -0.2) is 16.8 Å². The van der Waals surface area contributed by atoms with Crippen molar-refractivity contribution in [3.05, 3.63) is 89.7 Å². The smallest absolute Gasteiger partial charge is 0.716 e. The van der Waals surface area contributed by atoms with Crippen LogP contribution in [-0.2, 0) is 20.8 Å². The van der Waals surface area contributed by atoms with Gasteiger partial charge in [0.1, 0.15) is 11.5 Å². The van der Waals surface area contributed by atoms with E-state index in [1.807, 2.05) is 0 Å². The van der Waals surface area contributed by atoms with Gasteiger partial charge in [-0.2, -0.15) is 0 Å². The van der Waals surface area contributed by atoms with E-state index in [4.69, 9.17) is 0 Å². The van der Waals surface area contributed by atoms with Crippen LogP contribution < -0.4 is 67.5 Å². The fourth-order valence-electron chi connectivity index (χ4n) is 2.79. The Morgan fingerprint density at radius 1 is 0.742 bits per heavy atom. The average Bonchev–Trinajstić information content (AvgIpc) is 2.63. The molecule has 0 radical (unpaired) electrons. The van der Waals surface area contributed by atoms with Gasteiger partial charge in [-0.15, -0.1) is 0 Å². The fraction of sp³-hybridized carbons (Fsp3) is 0.0556. The Kier molecular flexibility index (Phi) is 10.6. The summed E-state index contributed by atoms with van der Waals surface area (Å²) in [7, 11) is -9.94. The predicted molar refractivity (Wildman–Crippen MR) is 98.7 cm³/mol. The van der Waals surface area contributed by atoms with Crippen LogP contribution in [0.1, 0.15) is 22.7 Å². The summed E-state index contributed by atoms with van der Waals surface area (Å²) in [6.45, 7) is 0. The summed E-state index contributed by atoms with van der Waals surface area (Å²) in [5.74, 6) is -1.01. The van der Waals surface area contributed by atoms with E-state index in [1.165, 1.54) is 42.6 Å². The third-order valence-corrected chi connectivity index (χ3v) is 4.60. The number of hydrogen-bond acceptors (Lipinski definition) is 9. The predicted octanol–water partition coefficient (Wildman–Crippen LogP) is -4.05. The first kappa shape index (κ1) is 28.0. The van der Waals surface area contributed by atoms with E-state index >= 15 is 0 Å². The van der Waals surface area contributed by atoms with Crippen LogP contribution in [0.5, 0.6) is 11.5 Å². The van der Waals surface area contributed by atoms with Crippen molar-refractivity contribution in [2.45, 2.75) is 5.92 Å². The minimum Gasteiger partial charge on any atom is -0.716 e. The van der Waals surface area contributed by atoms with Crippen LogP contribution in [0.4, 0.5) is 0 Å². The topological polar surface area (TPSA) is 146 Å². The number of aromatic nitrogens is 1. The molecule has 1 atom stereocenters. The molecule has 1 aromatic heterocycles. The molecular weight excluding hydrogens is 468 g/mol. The van der Waals surface area contributed by atoms with Crippen molar-refractivity contribution in [3.8, 4) is 11.5 Å². The van der Waals surface area contributed by atoms with Gasteiger partial charge < -0.3 is 17.5 Å². The van der Waals surface area contributed by atoms with Gasteiger partial charge in [0.25, 0.3) is 20.8 Å². The van der Waals surface area contributed by atoms with Crippen molar-refractivity contribution in [3.63, 3.8) is 0 Å². The summed E-state index contributed by atoms with van der Waals surface area (Å²) in [5, 5.41) is 0. The van der Waals surface area contributed by atoms with E-state index in [9.17, 15) is 25.9 Å². The molecule has 31 heavy (non-hydrogen) atoms. The Morgan fingerprint density at radius 3 is 1.87 bits per heavy atom. The number of pyridine rings is 1. The quantitative estimate of drug-likeness (QED) is 0.187. The molecule has 0 amide bonds. The molecular formula is C18H13NNa2O8S2. The van der Waals surface area contributed by atoms with Crippen molar-refractivity contribution in [2.24, 2.45) is 0 Å². The summed E-state index contributed by atoms with van der Waals surface area (Å²) < 4.78 is 74.5. The molecule has 3 rings (SSSR count). The zero-order chi connectivity index (χ0) is 21.1. The van der Waals surface area contributed by atoms with Crippen LogP contribution in [0.15, 0.2) is 72.9 Å². The molecule has 152 valence electrons. The van der Waals surface area contributed by atoms with Crippen molar-refractivity contribution in [2.75, 3.05) is 0 Å². The van der Waals surface area contributed by atoms with Gasteiger partial charge in [-0.1, -0.05) is 36.4 Å². The van der Waals surface area contributed by atoms with E-state index in [0.29, 0.717) is 16.8 Å². The van der Waals surface area contributed by atoms with Gasteiger partial charge in [0.2, 0.25) is 0 Å². The molecule has 0 unspecified atom stereocenters. The van der Waals surface area contributed by atoms with Gasteiger partial charge in [-0.05, 0) is 35.9 Å². The normalized spacial score (nSPS) is 12.1. The summed E-state index contributed by atoms with van der Waals surface area (Å²) in [5.41, 5.74) is 1.41. The van der Waals surface area contributed by atoms with Crippen LogP contribution in [0.2, 0.25) is 0 Å². The van der Waals surface area contributed by atoms with E-state index in [1.54, 1.807) is 30.3 Å². The first-order valence-corrected chi connectivity index (χ1v) is 10.7. The number of nitrogens with zero attached hydrogens (tertiary/aromatic N) is 1. The molecule has 0 aliphatic carbocycles. The Bertz CT molecular complexity index is 1200. The van der Waals surface area contributed by atoms with Gasteiger partial charge in [-0.3, -0.25) is 4.98 Å². The molecule has 0 spiro atoms. The largest absolute Gasteiger partial charge is 1.00 e. The number of benzene rings is 2. The molecule has 0 bridgehead atoms. The SMILES string of the molecule is O=S(=O)([O-])Oc1ccc([C@@H](c2ccccn2)c2ccccc2OS(=O)(=O)[O-])cc1.[Na+].[Na+]. The molecule has 0 aliphatic rings. The van der Waals surface area contributed by atoms with E-state index in [0.717, 1.165) is 0 Å². The standard InChI is InChI=1S/C18H15NO8S2.2Na/c20-28(21,22)26-14-10-8-13(9-11-14)18(16-6-3-4-12-19-16)15-5-1-2-7-17(15)27-29(23,24)25;;/h1-12,18H,(H,20,21,22)(H,23,24,25);;/q;2*+1/p-2/t18-;;/m1../s1. The van der Waals surface area contributed by atoms with Crippen molar-refractivity contribution in [1.82, 2.24) is 4.98 Å². The molecule has 1 heterocycles. The second kappa shape index (κ2) is 11.8. The third-order valence-electron chi connectivity index (χ3n) is 3.82. The number of para-hydroxylation sites is 1. The van der Waals surface area contributed by atoms with Crippen LogP contribution in [0.25, 0.3) is 0 Å². The molecule has 0 N–H and O–H groups in total. The van der Waals surface area contributed by atoms with Crippen LogP contribution >= 0.6 is 0 Å². The molecule has 9 nitrogen and oxygen atoms in total. The Morgan fingerprint density at radius 2 is 1.32 bits per heavy atom. The molecule has 0 aliphatic heterocycles. The third kappa shape index (κ3) is 8.46. The second-order valence-corrected chi connectivity index (χ2v) is 7.74. The maximum atomic E-state index is 11.1. The van der Waals surface area contributed by atoms with E-state index < -0.39 is 26.7 Å². The molecule has 2 aromatic carbocycles. The van der Waals surface area contributed by atoms with Crippen molar-refractivity contribution >= 4 is 20.8 Å². The van der Waals surface area contributed by atoms with Crippen LogP contribution in [0.3, 0.4) is 0 Å². The number of hydrogen-bond donors (Lipinski definition) is 0. The van der Waals surface area contributed by atoms with E-state index in [2.05, 4.69) is 13.4 Å². The fourth-order valence-corrected chi connectivity index (χ4v) is 3.51. The maximum Gasteiger partial charge on any atom is 1.00 e. The van der Waals surface area contributed by atoms with Crippen LogP contribution in [-0.4, -0.2) is 30.9 Å². The van der Waals surface area contributed by atoms with Crippen molar-refractivity contribution < 1.29 is 93.4 Å². The molecule has 0 fully saturated rings. The minimum absolute atomic E-state index is 0. The van der Waals surface area contributed by atoms with Gasteiger partial charge in [0.15, 0.2) is 0 Å². The zero-order valence-electron chi connectivity index (χ0n) is 16.5. The average molecular weight is 481 g/mol. The van der Waals surface area contributed by atoms with Crippen molar-refractivity contribution in [1.29, 1.82) is 0 Å². The van der Waals surface area contributed by atoms with E-state index in [-0.39, 0.29) is 70.6 Å². The number of rotatable bonds is 7. The Hall–Kier alpha value is -0.990. The zero-order valence-corrected chi connectivity index (χ0v) is 22.2. The van der Waals surface area contributed by atoms with Crippen LogP contribution in [0, 0.1) is 0 Å². The first-order valence-electron chi connectivity index (χ1n) is 8.03. The Balaban J connectivity index is 0.00000240. The Labute approximate surface area is 224 Å². The maximum absolute atomic E-state index is 11.1. The summed E-state index contributed by atoms with van der Waals surface area (Å²) in [6, 6.07) is 16.7. The monoisotopic (exact) mass is 481 g/mol. The summed E-state index contributed by atoms with van der Waals surface area (Å²) in [6.07, 6.45) is 1.54. The minimum atomic E-state index is -5.02.